The number of carboxylic acid groups (broad SMARTS) is 2. The number of rotatable bonds is 5. The van der Waals surface area contributed by atoms with Crippen LogP contribution in [0.25, 0.3) is 0 Å². The van der Waals surface area contributed by atoms with Crippen molar-refractivity contribution in [3.63, 3.8) is 0 Å². The average molecular weight is 279 g/mol. The van der Waals surface area contributed by atoms with Gasteiger partial charge in [-0.05, 0) is 49.1 Å². The number of benzene rings is 1. The number of aliphatic hydroxyl groups excluding tert-OH is 1. The molecule has 0 bridgehead atoms. The van der Waals surface area contributed by atoms with Gasteiger partial charge in [0.2, 0.25) is 0 Å². The second kappa shape index (κ2) is 5.22. The second-order valence-electron chi connectivity index (χ2n) is 5.15. The molecule has 2 rings (SSSR count). The van der Waals surface area contributed by atoms with Crippen LogP contribution in [-0.4, -0.2) is 33.8 Å². The van der Waals surface area contributed by atoms with Gasteiger partial charge in [0.25, 0.3) is 0 Å². The van der Waals surface area contributed by atoms with Crippen molar-refractivity contribution < 1.29 is 24.9 Å². The molecule has 0 spiro atoms. The minimum atomic E-state index is -1.31. The molecule has 0 heterocycles. The van der Waals surface area contributed by atoms with Gasteiger partial charge < -0.3 is 21.1 Å². The Bertz CT molecular complexity index is 556. The Morgan fingerprint density at radius 1 is 1.35 bits per heavy atom. The van der Waals surface area contributed by atoms with Gasteiger partial charge in [-0.3, -0.25) is 4.79 Å². The Hall–Kier alpha value is -1.92. The van der Waals surface area contributed by atoms with Gasteiger partial charge in [0, 0.05) is 0 Å². The zero-order valence-corrected chi connectivity index (χ0v) is 10.9. The van der Waals surface area contributed by atoms with E-state index in [1.54, 1.807) is 0 Å². The van der Waals surface area contributed by atoms with Crippen LogP contribution in [0.4, 0.5) is 0 Å². The van der Waals surface area contributed by atoms with E-state index in [9.17, 15) is 19.8 Å². The SMILES string of the molecule is NCCCC1(C(=O)O)Cc2cc(C(=O)O)ccc2C1O. The highest BCUT2D eigenvalue weighted by atomic mass is 16.4. The molecule has 2 atom stereocenters. The predicted octanol–water partition coefficient (Wildman–Crippen LogP) is 0.784. The lowest BCUT2D eigenvalue weighted by atomic mass is 9.78. The molecule has 0 saturated heterocycles. The third-order valence-corrected chi connectivity index (χ3v) is 3.97. The van der Waals surface area contributed by atoms with Gasteiger partial charge in [-0.1, -0.05) is 6.07 Å². The summed E-state index contributed by atoms with van der Waals surface area (Å²) in [6.07, 6.45) is -0.260. The fourth-order valence-electron chi connectivity index (χ4n) is 2.83. The van der Waals surface area contributed by atoms with Crippen LogP contribution in [0.1, 0.15) is 40.4 Å². The first-order chi connectivity index (χ1) is 9.42. The van der Waals surface area contributed by atoms with Crippen LogP contribution in [0.3, 0.4) is 0 Å². The van der Waals surface area contributed by atoms with E-state index >= 15 is 0 Å². The third kappa shape index (κ3) is 2.17. The maximum absolute atomic E-state index is 11.6. The number of hydrogen-bond acceptors (Lipinski definition) is 4. The van der Waals surface area contributed by atoms with E-state index in [4.69, 9.17) is 10.8 Å². The lowest BCUT2D eigenvalue weighted by Crippen LogP contribution is -2.36. The molecular formula is C14H17NO5. The van der Waals surface area contributed by atoms with Crippen LogP contribution >= 0.6 is 0 Å². The van der Waals surface area contributed by atoms with Crippen molar-refractivity contribution in [1.82, 2.24) is 0 Å². The molecule has 6 heteroatoms. The number of nitrogens with two attached hydrogens (primary N) is 1. The van der Waals surface area contributed by atoms with Crippen LogP contribution < -0.4 is 5.73 Å². The van der Waals surface area contributed by atoms with Crippen molar-refractivity contribution in [2.24, 2.45) is 11.1 Å². The summed E-state index contributed by atoms with van der Waals surface area (Å²) in [6, 6.07) is 4.32. The van der Waals surface area contributed by atoms with Crippen LogP contribution in [0.15, 0.2) is 18.2 Å². The molecule has 1 aromatic carbocycles. The Balaban J connectivity index is 2.41. The minimum Gasteiger partial charge on any atom is -0.481 e. The van der Waals surface area contributed by atoms with Crippen LogP contribution in [0, 0.1) is 5.41 Å². The van der Waals surface area contributed by atoms with Crippen molar-refractivity contribution >= 4 is 11.9 Å². The summed E-state index contributed by atoms with van der Waals surface area (Å²) in [7, 11) is 0. The van der Waals surface area contributed by atoms with E-state index in [1.165, 1.54) is 18.2 Å². The summed E-state index contributed by atoms with van der Waals surface area (Å²) < 4.78 is 0. The molecule has 0 radical (unpaired) electrons. The Labute approximate surface area is 115 Å². The maximum atomic E-state index is 11.6. The van der Waals surface area contributed by atoms with Gasteiger partial charge in [-0.2, -0.15) is 0 Å². The Morgan fingerprint density at radius 3 is 2.60 bits per heavy atom. The lowest BCUT2D eigenvalue weighted by molar-refractivity contribution is -0.156. The van der Waals surface area contributed by atoms with Gasteiger partial charge in [-0.15, -0.1) is 0 Å². The van der Waals surface area contributed by atoms with E-state index in [0.717, 1.165) is 0 Å². The zero-order chi connectivity index (χ0) is 14.9. The average Bonchev–Trinajstić information content (AvgIpc) is 2.70. The summed E-state index contributed by atoms with van der Waals surface area (Å²) in [6.45, 7) is 0.346. The molecule has 108 valence electrons. The smallest absolute Gasteiger partial charge is 0.335 e. The lowest BCUT2D eigenvalue weighted by Gasteiger charge is -2.28. The molecule has 0 fully saturated rings. The van der Waals surface area contributed by atoms with Crippen molar-refractivity contribution in [3.05, 3.63) is 34.9 Å². The predicted molar refractivity (Wildman–Crippen MR) is 70.4 cm³/mol. The number of aliphatic hydroxyl groups is 1. The summed E-state index contributed by atoms with van der Waals surface area (Å²) in [5, 5.41) is 28.8. The Morgan fingerprint density at radius 2 is 2.05 bits per heavy atom. The number of carbonyl (C=O) groups is 2. The molecule has 1 aliphatic carbocycles. The van der Waals surface area contributed by atoms with E-state index < -0.39 is 23.5 Å². The number of aromatic carboxylic acids is 1. The molecule has 5 N–H and O–H groups in total. The molecule has 0 saturated carbocycles. The van der Waals surface area contributed by atoms with Crippen LogP contribution in [-0.2, 0) is 11.2 Å². The first-order valence-corrected chi connectivity index (χ1v) is 6.40. The number of aliphatic carboxylic acids is 1. The molecule has 20 heavy (non-hydrogen) atoms. The van der Waals surface area contributed by atoms with Crippen LogP contribution in [0.5, 0.6) is 0 Å². The topological polar surface area (TPSA) is 121 Å². The highest BCUT2D eigenvalue weighted by Gasteiger charge is 2.51. The van der Waals surface area contributed by atoms with Crippen LogP contribution in [0.2, 0.25) is 0 Å². The first-order valence-electron chi connectivity index (χ1n) is 6.40. The monoisotopic (exact) mass is 279 g/mol. The summed E-state index contributed by atoms with van der Waals surface area (Å²) >= 11 is 0. The van der Waals surface area contributed by atoms with Gasteiger partial charge >= 0.3 is 11.9 Å². The summed E-state index contributed by atoms with van der Waals surface area (Å²) in [4.78, 5) is 22.6. The second-order valence-corrected chi connectivity index (χ2v) is 5.15. The van der Waals surface area contributed by atoms with Crippen molar-refractivity contribution in [2.75, 3.05) is 6.54 Å². The number of fused-ring (bicyclic) bond motifs is 1. The largest absolute Gasteiger partial charge is 0.481 e. The molecule has 0 aliphatic heterocycles. The van der Waals surface area contributed by atoms with Crippen molar-refractivity contribution in [2.45, 2.75) is 25.4 Å². The standard InChI is InChI=1S/C14H17NO5/c15-5-1-4-14(13(19)20)7-9-6-8(12(17)18)2-3-10(9)11(14)16/h2-3,6,11,16H,1,4-5,7,15H2,(H,17,18)(H,19,20). The molecule has 6 nitrogen and oxygen atoms in total. The first kappa shape index (κ1) is 14.5. The molecule has 2 unspecified atom stereocenters. The highest BCUT2D eigenvalue weighted by molar-refractivity contribution is 5.88. The zero-order valence-electron chi connectivity index (χ0n) is 10.9. The summed E-state index contributed by atoms with van der Waals surface area (Å²) in [5.74, 6) is -2.15. The Kier molecular flexibility index (Phi) is 3.78. The molecule has 1 aromatic rings. The molecule has 0 amide bonds. The van der Waals surface area contributed by atoms with E-state index in [-0.39, 0.29) is 18.4 Å². The molecule has 0 aromatic heterocycles. The molecule has 1 aliphatic rings. The maximum Gasteiger partial charge on any atom is 0.335 e. The van der Waals surface area contributed by atoms with E-state index in [2.05, 4.69) is 0 Å². The number of carboxylic acids is 2. The van der Waals surface area contributed by atoms with E-state index in [1.807, 2.05) is 0 Å². The third-order valence-electron chi connectivity index (χ3n) is 3.97. The van der Waals surface area contributed by atoms with Crippen molar-refractivity contribution in [1.29, 1.82) is 0 Å². The highest BCUT2D eigenvalue weighted by Crippen LogP contribution is 2.49. The van der Waals surface area contributed by atoms with Gasteiger partial charge in [0.1, 0.15) is 5.41 Å². The fourth-order valence-corrected chi connectivity index (χ4v) is 2.83. The minimum absolute atomic E-state index is 0.0935. The van der Waals surface area contributed by atoms with E-state index in [0.29, 0.717) is 24.1 Å². The van der Waals surface area contributed by atoms with Gasteiger partial charge in [0.05, 0.1) is 11.7 Å². The number of hydrogen-bond donors (Lipinski definition) is 4. The van der Waals surface area contributed by atoms with Gasteiger partial charge in [-0.25, -0.2) is 4.79 Å². The fraction of sp³-hybridized carbons (Fsp3) is 0.429. The quantitative estimate of drug-likeness (QED) is 0.632. The normalized spacial score (nSPS) is 24.4. The summed E-state index contributed by atoms with van der Waals surface area (Å²) in [5.41, 5.74) is 5.29. The van der Waals surface area contributed by atoms with Gasteiger partial charge in [0.15, 0.2) is 0 Å². The van der Waals surface area contributed by atoms with Crippen molar-refractivity contribution in [3.8, 4) is 0 Å². The molecular weight excluding hydrogens is 262 g/mol.